The van der Waals surface area contributed by atoms with Gasteiger partial charge in [0, 0.05) is 62.3 Å². The van der Waals surface area contributed by atoms with Crippen LogP contribution in [0.25, 0.3) is 11.1 Å². The largest absolute Gasteiger partial charge is 0.334 e. The summed E-state index contributed by atoms with van der Waals surface area (Å²) in [4.78, 5) is 35.0. The van der Waals surface area contributed by atoms with Gasteiger partial charge in [0.1, 0.15) is 11.9 Å². The number of thiazole rings is 1. The molecule has 7 nitrogen and oxygen atoms in total. The van der Waals surface area contributed by atoms with Gasteiger partial charge in [-0.05, 0) is 17.7 Å². The number of rotatable bonds is 4. The first kappa shape index (κ1) is 22.2. The monoisotopic (exact) mass is 475 g/mol. The second-order valence-electron chi connectivity index (χ2n) is 8.32. The molecule has 0 N–H and O–H groups in total. The number of carbonyl (C=O) groups is 2. The van der Waals surface area contributed by atoms with E-state index in [9.17, 15) is 19.2 Å². The summed E-state index contributed by atoms with van der Waals surface area (Å²) in [5.74, 6) is -0.853. The lowest BCUT2D eigenvalue weighted by Crippen LogP contribution is -2.52. The SMILES string of the molecule is N#Cc1c(-c2ccccc2)ccc(F)c1N1CC(N2CCN(C(=O)c3nccs3)CC2)CC1=O. The molecule has 172 valence electrons. The Morgan fingerprint density at radius 3 is 2.56 bits per heavy atom. The van der Waals surface area contributed by atoms with E-state index in [0.717, 1.165) is 5.56 Å². The topological polar surface area (TPSA) is 80.5 Å². The van der Waals surface area contributed by atoms with Crippen molar-refractivity contribution in [1.29, 1.82) is 5.26 Å². The van der Waals surface area contributed by atoms with Crippen LogP contribution in [0.2, 0.25) is 0 Å². The van der Waals surface area contributed by atoms with E-state index in [0.29, 0.717) is 43.3 Å². The Kier molecular flexibility index (Phi) is 6.09. The van der Waals surface area contributed by atoms with E-state index >= 15 is 0 Å². The first-order chi connectivity index (χ1) is 16.6. The molecule has 2 amide bonds. The van der Waals surface area contributed by atoms with Crippen LogP contribution in [0.1, 0.15) is 21.8 Å². The minimum Gasteiger partial charge on any atom is -0.334 e. The van der Waals surface area contributed by atoms with Crippen molar-refractivity contribution in [3.8, 4) is 17.2 Å². The average Bonchev–Trinajstić information content (AvgIpc) is 3.54. The first-order valence-corrected chi connectivity index (χ1v) is 12.0. The zero-order valence-corrected chi connectivity index (χ0v) is 19.2. The molecule has 0 aliphatic carbocycles. The van der Waals surface area contributed by atoms with E-state index in [-0.39, 0.29) is 35.5 Å². The van der Waals surface area contributed by atoms with Crippen molar-refractivity contribution >= 4 is 28.8 Å². The molecule has 1 aromatic heterocycles. The van der Waals surface area contributed by atoms with Gasteiger partial charge in [-0.1, -0.05) is 30.3 Å². The number of amides is 2. The van der Waals surface area contributed by atoms with Crippen molar-refractivity contribution in [2.45, 2.75) is 12.5 Å². The van der Waals surface area contributed by atoms with Gasteiger partial charge >= 0.3 is 0 Å². The summed E-state index contributed by atoms with van der Waals surface area (Å²) in [5, 5.41) is 12.2. The molecule has 0 spiro atoms. The van der Waals surface area contributed by atoms with E-state index in [1.54, 1.807) is 22.5 Å². The van der Waals surface area contributed by atoms with Gasteiger partial charge in [-0.25, -0.2) is 9.37 Å². The molecule has 2 saturated heterocycles. The molecule has 1 unspecified atom stereocenters. The highest BCUT2D eigenvalue weighted by atomic mass is 32.1. The number of hydrogen-bond donors (Lipinski definition) is 0. The molecule has 0 saturated carbocycles. The second-order valence-corrected chi connectivity index (χ2v) is 9.22. The fourth-order valence-corrected chi connectivity index (χ4v) is 5.31. The summed E-state index contributed by atoms with van der Waals surface area (Å²) < 4.78 is 15.0. The summed E-state index contributed by atoms with van der Waals surface area (Å²) in [6.45, 7) is 2.65. The summed E-state index contributed by atoms with van der Waals surface area (Å²) in [7, 11) is 0. The Morgan fingerprint density at radius 2 is 1.88 bits per heavy atom. The maximum absolute atomic E-state index is 15.0. The molecule has 2 aliphatic heterocycles. The fourth-order valence-electron chi connectivity index (χ4n) is 4.70. The van der Waals surface area contributed by atoms with Crippen LogP contribution in [0, 0.1) is 17.1 Å². The maximum Gasteiger partial charge on any atom is 0.282 e. The van der Waals surface area contributed by atoms with Gasteiger partial charge < -0.3 is 9.80 Å². The van der Waals surface area contributed by atoms with Crippen LogP contribution in [0.4, 0.5) is 10.1 Å². The number of aromatic nitrogens is 1. The Balaban J connectivity index is 1.33. The minimum atomic E-state index is -0.580. The van der Waals surface area contributed by atoms with E-state index in [1.807, 2.05) is 30.3 Å². The van der Waals surface area contributed by atoms with Crippen molar-refractivity contribution in [3.63, 3.8) is 0 Å². The Hall–Kier alpha value is -3.61. The van der Waals surface area contributed by atoms with Crippen LogP contribution < -0.4 is 4.90 Å². The van der Waals surface area contributed by atoms with Gasteiger partial charge in [-0.2, -0.15) is 5.26 Å². The van der Waals surface area contributed by atoms with E-state index in [2.05, 4.69) is 16.0 Å². The summed E-state index contributed by atoms with van der Waals surface area (Å²) >= 11 is 1.32. The molecular weight excluding hydrogens is 453 g/mol. The van der Waals surface area contributed by atoms with Crippen molar-refractivity contribution in [1.82, 2.24) is 14.8 Å². The fraction of sp³-hybridized carbons (Fsp3) is 0.280. The van der Waals surface area contributed by atoms with E-state index in [1.165, 1.54) is 22.3 Å². The van der Waals surface area contributed by atoms with Crippen LogP contribution in [-0.2, 0) is 4.79 Å². The molecule has 0 bridgehead atoms. The highest BCUT2D eigenvalue weighted by Crippen LogP contribution is 2.36. The Bertz CT molecular complexity index is 1250. The zero-order chi connectivity index (χ0) is 23.7. The molecule has 2 aromatic carbocycles. The van der Waals surface area contributed by atoms with Crippen LogP contribution in [-0.4, -0.2) is 65.4 Å². The molecule has 0 radical (unpaired) electrons. The van der Waals surface area contributed by atoms with Crippen molar-refractivity contribution in [2.24, 2.45) is 0 Å². The maximum atomic E-state index is 15.0. The van der Waals surface area contributed by atoms with Gasteiger partial charge in [0.05, 0.1) is 11.3 Å². The third-order valence-corrected chi connectivity index (χ3v) is 7.19. The number of carbonyl (C=O) groups excluding carboxylic acids is 2. The number of nitrogens with zero attached hydrogens (tertiary/aromatic N) is 5. The Morgan fingerprint density at radius 1 is 1.12 bits per heavy atom. The second kappa shape index (κ2) is 9.33. The lowest BCUT2D eigenvalue weighted by Gasteiger charge is -2.37. The van der Waals surface area contributed by atoms with E-state index in [4.69, 9.17) is 0 Å². The molecule has 3 aromatic rings. The zero-order valence-electron chi connectivity index (χ0n) is 18.4. The molecule has 34 heavy (non-hydrogen) atoms. The summed E-state index contributed by atoms with van der Waals surface area (Å²) in [6.07, 6.45) is 1.87. The molecular formula is C25H22FN5O2S. The smallest absolute Gasteiger partial charge is 0.282 e. The van der Waals surface area contributed by atoms with Gasteiger partial charge in [0.25, 0.3) is 5.91 Å². The number of hydrogen-bond acceptors (Lipinski definition) is 6. The van der Waals surface area contributed by atoms with Gasteiger partial charge in [0.2, 0.25) is 5.91 Å². The van der Waals surface area contributed by atoms with Crippen LogP contribution in [0.5, 0.6) is 0 Å². The molecule has 2 aliphatic rings. The Labute approximate surface area is 200 Å². The molecule has 2 fully saturated rings. The highest BCUT2D eigenvalue weighted by molar-refractivity contribution is 7.11. The summed E-state index contributed by atoms with van der Waals surface area (Å²) in [6, 6.07) is 14.2. The van der Waals surface area contributed by atoms with Crippen molar-refractivity contribution in [2.75, 3.05) is 37.6 Å². The molecule has 9 heteroatoms. The lowest BCUT2D eigenvalue weighted by molar-refractivity contribution is -0.117. The summed E-state index contributed by atoms with van der Waals surface area (Å²) in [5.41, 5.74) is 1.61. The third-order valence-electron chi connectivity index (χ3n) is 6.43. The van der Waals surface area contributed by atoms with Crippen LogP contribution in [0.3, 0.4) is 0 Å². The number of halogens is 1. The van der Waals surface area contributed by atoms with Gasteiger partial charge in [-0.15, -0.1) is 11.3 Å². The minimum absolute atomic E-state index is 0.0499. The average molecular weight is 476 g/mol. The number of nitriles is 1. The number of anilines is 1. The predicted molar refractivity (Wildman–Crippen MR) is 127 cm³/mol. The van der Waals surface area contributed by atoms with Gasteiger partial charge in [0.15, 0.2) is 5.01 Å². The first-order valence-electron chi connectivity index (χ1n) is 11.1. The normalized spacial score (nSPS) is 18.8. The molecule has 1 atom stereocenters. The standard InChI is InChI=1S/C25H22FN5O2S/c26-21-7-6-19(17-4-2-1-3-5-17)20(15-27)23(21)31-16-18(14-22(31)32)29-9-11-30(12-10-29)25(33)24-28-8-13-34-24/h1-8,13,18H,9-12,14,16H2. The van der Waals surface area contributed by atoms with Crippen molar-refractivity contribution < 1.29 is 14.0 Å². The highest BCUT2D eigenvalue weighted by Gasteiger charge is 2.38. The van der Waals surface area contributed by atoms with Crippen LogP contribution in [0.15, 0.2) is 54.0 Å². The predicted octanol–water partition coefficient (Wildman–Crippen LogP) is 3.38. The number of benzene rings is 2. The van der Waals surface area contributed by atoms with Crippen LogP contribution >= 0.6 is 11.3 Å². The lowest BCUT2D eigenvalue weighted by atomic mass is 9.98. The van der Waals surface area contributed by atoms with Crippen molar-refractivity contribution in [3.05, 3.63) is 70.4 Å². The van der Waals surface area contributed by atoms with Gasteiger partial charge in [-0.3, -0.25) is 14.5 Å². The third kappa shape index (κ3) is 4.06. The molecule has 5 rings (SSSR count). The van der Waals surface area contributed by atoms with E-state index < -0.39 is 5.82 Å². The number of piperazine rings is 1. The quantitative estimate of drug-likeness (QED) is 0.578. The molecule has 3 heterocycles.